The van der Waals surface area contributed by atoms with Gasteiger partial charge in [-0.25, -0.2) is 0 Å². The number of benzene rings is 1. The van der Waals surface area contributed by atoms with Crippen LogP contribution in [0, 0.1) is 0 Å². The van der Waals surface area contributed by atoms with Crippen LogP contribution in [0.15, 0.2) is 28.0 Å². The van der Waals surface area contributed by atoms with Crippen LogP contribution in [-0.2, 0) is 5.54 Å². The van der Waals surface area contributed by atoms with Crippen molar-refractivity contribution < 1.29 is 0 Å². The molecule has 0 atom stereocenters. The normalized spacial score (nSPS) is 11.8. The molecule has 0 bridgehead atoms. The van der Waals surface area contributed by atoms with Crippen LogP contribution in [0.1, 0.15) is 19.4 Å². The van der Waals surface area contributed by atoms with E-state index in [1.807, 2.05) is 13.8 Å². The Morgan fingerprint density at radius 3 is 2.07 bits per heavy atom. The van der Waals surface area contributed by atoms with Gasteiger partial charge in [-0.2, -0.15) is 0 Å². The Bertz CT molecular complexity index is 316. The van der Waals surface area contributed by atoms with Gasteiger partial charge in [0.2, 0.25) is 0 Å². The van der Waals surface area contributed by atoms with Crippen molar-refractivity contribution in [3.63, 3.8) is 0 Å². The Morgan fingerprint density at radius 1 is 1.07 bits per heavy atom. The zero-order valence-corrected chi connectivity index (χ0v) is 10.8. The average molecular weight is 227 g/mol. The van der Waals surface area contributed by atoms with E-state index in [-0.39, 0.29) is 5.54 Å². The standard InChI is InChI=1S/C11H17NS2/c1-11(2,12)8-5-6-9(13-3)10(7-8)14-4/h5-7H,12H2,1-4H3. The van der Waals surface area contributed by atoms with Crippen molar-refractivity contribution in [3.8, 4) is 0 Å². The first kappa shape index (κ1) is 12.0. The Hall–Kier alpha value is -0.120. The van der Waals surface area contributed by atoms with Crippen LogP contribution in [-0.4, -0.2) is 12.5 Å². The number of hydrogen-bond donors (Lipinski definition) is 1. The quantitative estimate of drug-likeness (QED) is 0.802. The van der Waals surface area contributed by atoms with Gasteiger partial charge >= 0.3 is 0 Å². The van der Waals surface area contributed by atoms with Gasteiger partial charge in [-0.3, -0.25) is 0 Å². The molecule has 14 heavy (non-hydrogen) atoms. The summed E-state index contributed by atoms with van der Waals surface area (Å²) in [6.45, 7) is 4.07. The fourth-order valence-corrected chi connectivity index (χ4v) is 2.72. The lowest BCUT2D eigenvalue weighted by atomic mass is 9.96. The number of rotatable bonds is 3. The zero-order chi connectivity index (χ0) is 10.8. The predicted molar refractivity (Wildman–Crippen MR) is 67.2 cm³/mol. The highest BCUT2D eigenvalue weighted by molar-refractivity contribution is 8.01. The van der Waals surface area contributed by atoms with Gasteiger partial charge in [0.25, 0.3) is 0 Å². The molecule has 1 aromatic carbocycles. The molecule has 0 aliphatic heterocycles. The van der Waals surface area contributed by atoms with Gasteiger partial charge in [0.05, 0.1) is 0 Å². The Labute approximate surface area is 94.8 Å². The summed E-state index contributed by atoms with van der Waals surface area (Å²) in [5, 5.41) is 0. The molecule has 0 aromatic heterocycles. The van der Waals surface area contributed by atoms with E-state index < -0.39 is 0 Å². The van der Waals surface area contributed by atoms with Crippen LogP contribution >= 0.6 is 23.5 Å². The van der Waals surface area contributed by atoms with Crippen LogP contribution in [0.2, 0.25) is 0 Å². The van der Waals surface area contributed by atoms with Crippen LogP contribution in [0.3, 0.4) is 0 Å². The number of hydrogen-bond acceptors (Lipinski definition) is 3. The minimum absolute atomic E-state index is 0.249. The summed E-state index contributed by atoms with van der Waals surface area (Å²) in [5.41, 5.74) is 7.00. The molecule has 0 saturated carbocycles. The maximum absolute atomic E-state index is 6.06. The molecule has 0 unspecified atom stereocenters. The molecule has 78 valence electrons. The van der Waals surface area contributed by atoms with E-state index in [0.29, 0.717) is 0 Å². The van der Waals surface area contributed by atoms with E-state index in [4.69, 9.17) is 5.73 Å². The number of nitrogens with two attached hydrogens (primary N) is 1. The lowest BCUT2D eigenvalue weighted by Gasteiger charge is -2.20. The molecular weight excluding hydrogens is 210 g/mol. The van der Waals surface area contributed by atoms with Gasteiger partial charge in [0.1, 0.15) is 0 Å². The first-order valence-electron chi connectivity index (χ1n) is 4.50. The smallest absolute Gasteiger partial charge is 0.0352 e. The maximum atomic E-state index is 6.06. The Morgan fingerprint density at radius 2 is 1.64 bits per heavy atom. The third kappa shape index (κ3) is 2.69. The molecular formula is C11H17NS2. The van der Waals surface area contributed by atoms with E-state index in [2.05, 4.69) is 30.7 Å². The van der Waals surface area contributed by atoms with E-state index in [0.717, 1.165) is 0 Å². The minimum atomic E-state index is -0.249. The summed E-state index contributed by atoms with van der Waals surface area (Å²) >= 11 is 3.55. The molecule has 1 rings (SSSR count). The van der Waals surface area contributed by atoms with Gasteiger partial charge in [-0.05, 0) is 44.1 Å². The Balaban J connectivity index is 3.14. The molecule has 2 N–H and O–H groups in total. The minimum Gasteiger partial charge on any atom is -0.322 e. The summed E-state index contributed by atoms with van der Waals surface area (Å²) < 4.78 is 0. The second kappa shape index (κ2) is 4.60. The van der Waals surface area contributed by atoms with E-state index >= 15 is 0 Å². The molecule has 1 aromatic rings. The van der Waals surface area contributed by atoms with Crippen molar-refractivity contribution in [1.29, 1.82) is 0 Å². The summed E-state index contributed by atoms with van der Waals surface area (Å²) in [5.74, 6) is 0. The van der Waals surface area contributed by atoms with Gasteiger partial charge in [0, 0.05) is 15.3 Å². The SMILES string of the molecule is CSc1ccc(C(C)(C)N)cc1SC. The van der Waals surface area contributed by atoms with Crippen molar-refractivity contribution >= 4 is 23.5 Å². The maximum Gasteiger partial charge on any atom is 0.0352 e. The fourth-order valence-electron chi connectivity index (χ4n) is 1.24. The highest BCUT2D eigenvalue weighted by Crippen LogP contribution is 2.31. The number of thioether (sulfide) groups is 2. The molecule has 0 aliphatic carbocycles. The fraction of sp³-hybridized carbons (Fsp3) is 0.455. The second-order valence-electron chi connectivity index (χ2n) is 3.79. The largest absolute Gasteiger partial charge is 0.322 e. The predicted octanol–water partition coefficient (Wildman–Crippen LogP) is 3.32. The molecule has 0 heterocycles. The third-order valence-electron chi connectivity index (χ3n) is 2.13. The molecule has 0 spiro atoms. The Kier molecular flexibility index (Phi) is 3.93. The van der Waals surface area contributed by atoms with Gasteiger partial charge in [0.15, 0.2) is 0 Å². The van der Waals surface area contributed by atoms with E-state index in [1.165, 1.54) is 15.4 Å². The van der Waals surface area contributed by atoms with Crippen molar-refractivity contribution in [2.24, 2.45) is 5.73 Å². The van der Waals surface area contributed by atoms with Crippen LogP contribution in [0.4, 0.5) is 0 Å². The molecule has 0 aliphatic rings. The summed E-state index contributed by atoms with van der Waals surface area (Å²) in [6.07, 6.45) is 4.20. The van der Waals surface area contributed by atoms with Crippen molar-refractivity contribution in [1.82, 2.24) is 0 Å². The average Bonchev–Trinajstić information content (AvgIpc) is 2.15. The van der Waals surface area contributed by atoms with Gasteiger partial charge < -0.3 is 5.73 Å². The highest BCUT2D eigenvalue weighted by Gasteiger charge is 2.15. The zero-order valence-electron chi connectivity index (χ0n) is 9.13. The lowest BCUT2D eigenvalue weighted by molar-refractivity contribution is 0.552. The van der Waals surface area contributed by atoms with Crippen molar-refractivity contribution in [3.05, 3.63) is 23.8 Å². The van der Waals surface area contributed by atoms with E-state index in [9.17, 15) is 0 Å². The van der Waals surface area contributed by atoms with Crippen molar-refractivity contribution in [2.45, 2.75) is 29.2 Å². The lowest BCUT2D eigenvalue weighted by Crippen LogP contribution is -2.28. The second-order valence-corrected chi connectivity index (χ2v) is 5.49. The van der Waals surface area contributed by atoms with Crippen LogP contribution in [0.25, 0.3) is 0 Å². The molecule has 3 heteroatoms. The topological polar surface area (TPSA) is 26.0 Å². The van der Waals surface area contributed by atoms with Crippen LogP contribution in [0.5, 0.6) is 0 Å². The monoisotopic (exact) mass is 227 g/mol. The van der Waals surface area contributed by atoms with Gasteiger partial charge in [-0.15, -0.1) is 23.5 Å². The molecule has 0 fully saturated rings. The third-order valence-corrected chi connectivity index (χ3v) is 3.83. The molecule has 0 radical (unpaired) electrons. The summed E-state index contributed by atoms with van der Waals surface area (Å²) in [4.78, 5) is 2.64. The van der Waals surface area contributed by atoms with Gasteiger partial charge in [-0.1, -0.05) is 6.07 Å². The first-order valence-corrected chi connectivity index (χ1v) is 6.95. The first-order chi connectivity index (χ1) is 6.49. The molecule has 0 saturated heterocycles. The highest BCUT2D eigenvalue weighted by atomic mass is 32.2. The summed E-state index contributed by atoms with van der Waals surface area (Å²) in [7, 11) is 0. The molecule has 1 nitrogen and oxygen atoms in total. The molecule has 0 amide bonds. The van der Waals surface area contributed by atoms with E-state index in [1.54, 1.807) is 23.5 Å². The van der Waals surface area contributed by atoms with Crippen molar-refractivity contribution in [2.75, 3.05) is 12.5 Å². The van der Waals surface area contributed by atoms with Crippen LogP contribution < -0.4 is 5.73 Å². The summed E-state index contributed by atoms with van der Waals surface area (Å²) in [6, 6.07) is 6.46.